The molecule has 0 heterocycles. The third kappa shape index (κ3) is 4.52. The highest BCUT2D eigenvalue weighted by atomic mass is 16.3. The average Bonchev–Trinajstić information content (AvgIpc) is 3.14. The van der Waals surface area contributed by atoms with Crippen molar-refractivity contribution in [3.63, 3.8) is 0 Å². The third-order valence-electron chi connectivity index (χ3n) is 4.44. The summed E-state index contributed by atoms with van der Waals surface area (Å²) in [5.41, 5.74) is -0.124. The molecular weight excluding hydrogens is 224 g/mol. The molecule has 0 aromatic rings. The van der Waals surface area contributed by atoms with Gasteiger partial charge in [-0.1, -0.05) is 13.8 Å². The topological polar surface area (TPSA) is 35.5 Å². The SMILES string of the molecule is CCC(CC)N(C)C(C)CC(C)(CO)NC1CC1. The lowest BCUT2D eigenvalue weighted by Gasteiger charge is -2.38. The van der Waals surface area contributed by atoms with Gasteiger partial charge in [0.15, 0.2) is 0 Å². The van der Waals surface area contributed by atoms with Gasteiger partial charge in [-0.2, -0.15) is 0 Å². The predicted octanol–water partition coefficient (Wildman–Crippen LogP) is 2.39. The summed E-state index contributed by atoms with van der Waals surface area (Å²) in [6, 6.07) is 1.80. The van der Waals surface area contributed by atoms with Crippen molar-refractivity contribution < 1.29 is 5.11 Å². The van der Waals surface area contributed by atoms with Gasteiger partial charge in [0.1, 0.15) is 0 Å². The van der Waals surface area contributed by atoms with Crippen LogP contribution in [0.25, 0.3) is 0 Å². The van der Waals surface area contributed by atoms with Gasteiger partial charge in [-0.15, -0.1) is 0 Å². The Morgan fingerprint density at radius 1 is 1.33 bits per heavy atom. The Balaban J connectivity index is 2.51. The Hall–Kier alpha value is -0.120. The van der Waals surface area contributed by atoms with E-state index in [1.165, 1.54) is 25.7 Å². The Kier molecular flexibility index (Phi) is 6.09. The van der Waals surface area contributed by atoms with Crippen LogP contribution < -0.4 is 5.32 Å². The van der Waals surface area contributed by atoms with Crippen molar-refractivity contribution >= 4 is 0 Å². The van der Waals surface area contributed by atoms with Gasteiger partial charge < -0.3 is 15.3 Å². The van der Waals surface area contributed by atoms with Crippen molar-refractivity contribution in [3.05, 3.63) is 0 Å². The minimum Gasteiger partial charge on any atom is -0.394 e. The van der Waals surface area contributed by atoms with Crippen molar-refractivity contribution in [2.24, 2.45) is 0 Å². The maximum absolute atomic E-state index is 9.66. The number of aliphatic hydroxyl groups is 1. The lowest BCUT2D eigenvalue weighted by molar-refractivity contribution is 0.102. The summed E-state index contributed by atoms with van der Waals surface area (Å²) >= 11 is 0. The van der Waals surface area contributed by atoms with E-state index in [9.17, 15) is 5.11 Å². The van der Waals surface area contributed by atoms with Crippen LogP contribution in [0, 0.1) is 0 Å². The van der Waals surface area contributed by atoms with Crippen LogP contribution in [0.1, 0.15) is 59.8 Å². The summed E-state index contributed by atoms with van der Waals surface area (Å²) in [5.74, 6) is 0. The lowest BCUT2D eigenvalue weighted by atomic mass is 9.92. The van der Waals surface area contributed by atoms with Crippen LogP contribution in [0.4, 0.5) is 0 Å². The molecule has 2 N–H and O–H groups in total. The highest BCUT2D eigenvalue weighted by Gasteiger charge is 2.34. The van der Waals surface area contributed by atoms with Crippen molar-refractivity contribution in [2.75, 3.05) is 13.7 Å². The molecule has 0 bridgehead atoms. The predicted molar refractivity (Wildman–Crippen MR) is 77.9 cm³/mol. The van der Waals surface area contributed by atoms with E-state index in [1.54, 1.807) is 0 Å². The van der Waals surface area contributed by atoms with Crippen molar-refractivity contribution in [3.8, 4) is 0 Å². The first kappa shape index (κ1) is 15.9. The van der Waals surface area contributed by atoms with Gasteiger partial charge in [0.05, 0.1) is 6.61 Å². The third-order valence-corrected chi connectivity index (χ3v) is 4.44. The van der Waals surface area contributed by atoms with Crippen molar-refractivity contribution in [2.45, 2.75) is 83.5 Å². The first-order valence-corrected chi connectivity index (χ1v) is 7.56. The second-order valence-corrected chi connectivity index (χ2v) is 6.33. The summed E-state index contributed by atoms with van der Waals surface area (Å²) in [6.07, 6.45) is 5.94. The Morgan fingerprint density at radius 3 is 2.28 bits per heavy atom. The van der Waals surface area contributed by atoms with Gasteiger partial charge in [0.25, 0.3) is 0 Å². The molecule has 0 aromatic heterocycles. The standard InChI is InChI=1S/C15H32N2O/c1-6-14(7-2)17(5)12(3)10-15(4,11-18)16-13-8-9-13/h12-14,16,18H,6-11H2,1-5H3. The normalized spacial score (nSPS) is 21.3. The number of hydrogen-bond donors (Lipinski definition) is 2. The smallest absolute Gasteiger partial charge is 0.0611 e. The molecule has 1 rings (SSSR count). The van der Waals surface area contributed by atoms with Gasteiger partial charge in [0, 0.05) is 23.7 Å². The summed E-state index contributed by atoms with van der Waals surface area (Å²) in [4.78, 5) is 2.47. The van der Waals surface area contributed by atoms with E-state index in [-0.39, 0.29) is 12.1 Å². The Morgan fingerprint density at radius 2 is 1.89 bits per heavy atom. The molecule has 1 aliphatic carbocycles. The number of nitrogens with one attached hydrogen (secondary N) is 1. The zero-order valence-electron chi connectivity index (χ0n) is 12.9. The van der Waals surface area contributed by atoms with Crippen LogP contribution >= 0.6 is 0 Å². The quantitative estimate of drug-likeness (QED) is 0.665. The first-order valence-electron chi connectivity index (χ1n) is 7.56. The van der Waals surface area contributed by atoms with Gasteiger partial charge >= 0.3 is 0 Å². The molecular formula is C15H32N2O. The van der Waals surface area contributed by atoms with E-state index in [1.807, 2.05) is 0 Å². The van der Waals surface area contributed by atoms with E-state index >= 15 is 0 Å². The molecule has 0 radical (unpaired) electrons. The fourth-order valence-corrected chi connectivity index (χ4v) is 2.91. The zero-order valence-corrected chi connectivity index (χ0v) is 12.9. The van der Waals surface area contributed by atoms with E-state index in [2.05, 4.69) is 45.0 Å². The summed E-state index contributed by atoms with van der Waals surface area (Å²) in [7, 11) is 2.22. The second kappa shape index (κ2) is 6.88. The number of rotatable bonds is 9. The molecule has 0 aliphatic heterocycles. The Bertz CT molecular complexity index is 239. The summed E-state index contributed by atoms with van der Waals surface area (Å²) < 4.78 is 0. The minimum atomic E-state index is -0.124. The van der Waals surface area contributed by atoms with Crippen LogP contribution in [0.3, 0.4) is 0 Å². The lowest BCUT2D eigenvalue weighted by Crippen LogP contribution is -2.52. The van der Waals surface area contributed by atoms with E-state index in [0.717, 1.165) is 6.42 Å². The molecule has 0 saturated heterocycles. The molecule has 0 aromatic carbocycles. The largest absolute Gasteiger partial charge is 0.394 e. The molecule has 1 aliphatic rings. The van der Waals surface area contributed by atoms with Gasteiger partial charge in [-0.3, -0.25) is 0 Å². The molecule has 1 saturated carbocycles. The number of aliphatic hydroxyl groups excluding tert-OH is 1. The highest BCUT2D eigenvalue weighted by molar-refractivity contribution is 4.94. The van der Waals surface area contributed by atoms with Crippen LogP contribution in [-0.4, -0.2) is 47.3 Å². The second-order valence-electron chi connectivity index (χ2n) is 6.33. The van der Waals surface area contributed by atoms with Gasteiger partial charge in [0.2, 0.25) is 0 Å². The molecule has 2 atom stereocenters. The first-order chi connectivity index (χ1) is 8.45. The van der Waals surface area contributed by atoms with Crippen LogP contribution in [0.5, 0.6) is 0 Å². The molecule has 1 fully saturated rings. The molecule has 3 nitrogen and oxygen atoms in total. The molecule has 0 spiro atoms. The number of hydrogen-bond acceptors (Lipinski definition) is 3. The minimum absolute atomic E-state index is 0.124. The fraction of sp³-hybridized carbons (Fsp3) is 1.00. The highest BCUT2D eigenvalue weighted by Crippen LogP contribution is 2.26. The van der Waals surface area contributed by atoms with Gasteiger partial charge in [-0.05, 0) is 53.0 Å². The van der Waals surface area contributed by atoms with E-state index in [4.69, 9.17) is 0 Å². The molecule has 2 unspecified atom stereocenters. The average molecular weight is 256 g/mol. The number of nitrogens with zero attached hydrogens (tertiary/aromatic N) is 1. The molecule has 3 heteroatoms. The summed E-state index contributed by atoms with van der Waals surface area (Å²) in [5, 5.41) is 13.3. The van der Waals surface area contributed by atoms with Crippen LogP contribution in [0.15, 0.2) is 0 Å². The summed E-state index contributed by atoms with van der Waals surface area (Å²) in [6.45, 7) is 9.17. The van der Waals surface area contributed by atoms with Gasteiger partial charge in [-0.25, -0.2) is 0 Å². The van der Waals surface area contributed by atoms with Crippen molar-refractivity contribution in [1.29, 1.82) is 0 Å². The van der Waals surface area contributed by atoms with Crippen LogP contribution in [0.2, 0.25) is 0 Å². The monoisotopic (exact) mass is 256 g/mol. The molecule has 18 heavy (non-hydrogen) atoms. The maximum Gasteiger partial charge on any atom is 0.0611 e. The van der Waals surface area contributed by atoms with E-state index < -0.39 is 0 Å². The fourth-order valence-electron chi connectivity index (χ4n) is 2.91. The van der Waals surface area contributed by atoms with Crippen molar-refractivity contribution in [1.82, 2.24) is 10.2 Å². The zero-order chi connectivity index (χ0) is 13.8. The molecule has 0 amide bonds. The Labute approximate surface area is 113 Å². The maximum atomic E-state index is 9.66. The van der Waals surface area contributed by atoms with Crippen LogP contribution in [-0.2, 0) is 0 Å². The molecule has 108 valence electrons. The van der Waals surface area contributed by atoms with E-state index in [0.29, 0.717) is 18.1 Å².